The summed E-state index contributed by atoms with van der Waals surface area (Å²) in [6, 6.07) is 8.13. The van der Waals surface area contributed by atoms with Crippen molar-refractivity contribution in [1.29, 1.82) is 0 Å². The first-order valence-corrected chi connectivity index (χ1v) is 4.17. The van der Waals surface area contributed by atoms with Gasteiger partial charge in [0.25, 0.3) is 0 Å². The van der Waals surface area contributed by atoms with E-state index in [1.165, 1.54) is 16.2 Å². The van der Waals surface area contributed by atoms with Crippen molar-refractivity contribution in [2.45, 2.75) is 4.90 Å². The van der Waals surface area contributed by atoms with Gasteiger partial charge in [-0.25, -0.2) is 0 Å². The van der Waals surface area contributed by atoms with E-state index < -0.39 is 0 Å². The lowest BCUT2D eigenvalue weighted by Crippen LogP contribution is -2.01. The van der Waals surface area contributed by atoms with Crippen LogP contribution >= 0.6 is 11.4 Å². The van der Waals surface area contributed by atoms with Crippen molar-refractivity contribution in [3.63, 3.8) is 0 Å². The van der Waals surface area contributed by atoms with Crippen molar-refractivity contribution in [1.82, 2.24) is 0 Å². The number of ether oxygens (including phenoxy) is 1. The van der Waals surface area contributed by atoms with E-state index in [2.05, 4.69) is 11.4 Å². The number of thiol groups is 1. The Bertz CT molecular complexity index is 268. The van der Waals surface area contributed by atoms with E-state index in [4.69, 9.17) is 4.74 Å². The minimum absolute atomic E-state index is 0.749. The zero-order valence-electron chi connectivity index (χ0n) is 5.45. The fraction of sp³-hybridized carbons (Fsp3) is 0.125. The summed E-state index contributed by atoms with van der Waals surface area (Å²) in [5, 5.41) is 2.11. The van der Waals surface area contributed by atoms with Crippen LogP contribution in [0.5, 0.6) is 5.75 Å². The molecule has 52 valence electrons. The molecule has 0 amide bonds. The Morgan fingerprint density at radius 1 is 1.30 bits per heavy atom. The van der Waals surface area contributed by atoms with Gasteiger partial charge in [-0.3, -0.25) is 0 Å². The molecule has 0 fully saturated rings. The molecule has 1 nitrogen and oxygen atoms in total. The first-order chi connectivity index (χ1) is 4.97. The number of hydrogen-bond donors (Lipinski definition) is 1. The number of benzene rings is 1. The van der Waals surface area contributed by atoms with Gasteiger partial charge in [-0.1, -0.05) is 12.1 Å². The average molecular weight is 152 g/mol. The molecule has 0 atom stereocenters. The lowest BCUT2D eigenvalue weighted by molar-refractivity contribution is 0.371. The fourth-order valence-corrected chi connectivity index (χ4v) is 1.73. The summed E-state index contributed by atoms with van der Waals surface area (Å²) in [7, 11) is 0. The summed E-state index contributed by atoms with van der Waals surface area (Å²) < 4.78 is 5.36. The van der Waals surface area contributed by atoms with Crippen LogP contribution in [0.4, 0.5) is 0 Å². The summed E-state index contributed by atoms with van der Waals surface area (Å²) in [6.45, 7) is 0.749. The van der Waals surface area contributed by atoms with Crippen molar-refractivity contribution in [3.05, 3.63) is 24.3 Å². The molecule has 0 unspecified atom stereocenters. The molecule has 1 aromatic carbocycles. The second-order valence-electron chi connectivity index (χ2n) is 2.09. The van der Waals surface area contributed by atoms with E-state index in [-0.39, 0.29) is 0 Å². The molecule has 1 aliphatic heterocycles. The monoisotopic (exact) mass is 152 g/mol. The van der Waals surface area contributed by atoms with E-state index in [0.29, 0.717) is 0 Å². The summed E-state index contributed by atoms with van der Waals surface area (Å²) in [5.41, 5.74) is 0. The Balaban J connectivity index is 2.54. The minimum atomic E-state index is 0.749. The van der Waals surface area contributed by atoms with E-state index in [0.717, 1.165) is 12.4 Å². The van der Waals surface area contributed by atoms with Crippen LogP contribution < -0.4 is 4.74 Å². The molecular formula is C8H8OS. The van der Waals surface area contributed by atoms with Gasteiger partial charge in [0.1, 0.15) is 12.4 Å². The van der Waals surface area contributed by atoms with Crippen LogP contribution in [-0.4, -0.2) is 12.0 Å². The van der Waals surface area contributed by atoms with Crippen LogP contribution in [0.2, 0.25) is 0 Å². The van der Waals surface area contributed by atoms with Crippen LogP contribution in [0.25, 0.3) is 0 Å². The van der Waals surface area contributed by atoms with Gasteiger partial charge in [-0.05, 0) is 17.5 Å². The van der Waals surface area contributed by atoms with Crippen molar-refractivity contribution < 1.29 is 4.74 Å². The van der Waals surface area contributed by atoms with Crippen molar-refractivity contribution in [2.75, 3.05) is 6.61 Å². The molecule has 1 aliphatic rings. The van der Waals surface area contributed by atoms with Gasteiger partial charge < -0.3 is 4.74 Å². The van der Waals surface area contributed by atoms with Crippen LogP contribution in [0.3, 0.4) is 0 Å². The number of fused-ring (bicyclic) bond motifs is 1. The standard InChI is InChI=1S/C8H8OS/c1-2-4-8-7(3-1)9-5-6-10-8/h1-4,6,10H,5H2. The van der Waals surface area contributed by atoms with Gasteiger partial charge in [-0.2, -0.15) is 11.4 Å². The molecule has 0 N–H and O–H groups in total. The predicted molar refractivity (Wildman–Crippen MR) is 45.3 cm³/mol. The Morgan fingerprint density at radius 3 is 3.10 bits per heavy atom. The minimum Gasteiger partial charge on any atom is -0.488 e. The highest BCUT2D eigenvalue weighted by Crippen LogP contribution is 2.26. The number of para-hydroxylation sites is 1. The van der Waals surface area contributed by atoms with E-state index >= 15 is 0 Å². The first-order valence-electron chi connectivity index (χ1n) is 3.21. The van der Waals surface area contributed by atoms with Gasteiger partial charge in [-0.15, -0.1) is 0 Å². The molecule has 0 radical (unpaired) electrons. The van der Waals surface area contributed by atoms with Crippen LogP contribution in [0.15, 0.2) is 29.2 Å². The summed E-state index contributed by atoms with van der Waals surface area (Å²) >= 11 is 1.28. The third-order valence-corrected chi connectivity index (χ3v) is 2.39. The van der Waals surface area contributed by atoms with Crippen LogP contribution in [0.1, 0.15) is 0 Å². The van der Waals surface area contributed by atoms with Gasteiger partial charge in [0, 0.05) is 4.90 Å². The van der Waals surface area contributed by atoms with Crippen molar-refractivity contribution in [3.8, 4) is 5.75 Å². The van der Waals surface area contributed by atoms with Crippen LogP contribution in [-0.2, 0) is 0 Å². The molecule has 0 spiro atoms. The highest BCUT2D eigenvalue weighted by molar-refractivity contribution is 7.97. The molecule has 2 rings (SSSR count). The maximum Gasteiger partial charge on any atom is 0.132 e. The first kappa shape index (κ1) is 5.98. The van der Waals surface area contributed by atoms with Crippen molar-refractivity contribution in [2.24, 2.45) is 0 Å². The normalized spacial score (nSPS) is 14.8. The highest BCUT2D eigenvalue weighted by atomic mass is 32.1. The smallest absolute Gasteiger partial charge is 0.132 e. The molecular weight excluding hydrogens is 144 g/mol. The SMILES string of the molecule is C1=[SH]c2ccccc2OC1. The van der Waals surface area contributed by atoms with Crippen molar-refractivity contribution >= 4 is 16.7 Å². The van der Waals surface area contributed by atoms with Gasteiger partial charge >= 0.3 is 0 Å². The Hall–Kier alpha value is -0.760. The van der Waals surface area contributed by atoms with Gasteiger partial charge in [0.15, 0.2) is 0 Å². The average Bonchev–Trinajstić information content (AvgIpc) is 2.05. The van der Waals surface area contributed by atoms with Crippen LogP contribution in [0, 0.1) is 0 Å². The molecule has 1 aromatic rings. The molecule has 0 saturated carbocycles. The number of rotatable bonds is 0. The highest BCUT2D eigenvalue weighted by Gasteiger charge is 2.00. The van der Waals surface area contributed by atoms with E-state index in [1.807, 2.05) is 18.2 Å². The zero-order valence-corrected chi connectivity index (χ0v) is 6.34. The third kappa shape index (κ3) is 0.948. The summed E-state index contributed by atoms with van der Waals surface area (Å²) in [4.78, 5) is 1.27. The molecule has 2 heteroatoms. The van der Waals surface area contributed by atoms with E-state index in [9.17, 15) is 0 Å². The maximum absolute atomic E-state index is 5.36. The van der Waals surface area contributed by atoms with E-state index in [1.54, 1.807) is 0 Å². The topological polar surface area (TPSA) is 9.23 Å². The quantitative estimate of drug-likeness (QED) is 0.440. The van der Waals surface area contributed by atoms with Gasteiger partial charge in [0.2, 0.25) is 0 Å². The fourth-order valence-electron chi connectivity index (χ4n) is 0.949. The molecule has 10 heavy (non-hydrogen) atoms. The molecule has 0 aromatic heterocycles. The maximum atomic E-state index is 5.36. The summed E-state index contributed by atoms with van der Waals surface area (Å²) in [5.74, 6) is 1.03. The zero-order chi connectivity index (χ0) is 6.81. The molecule has 0 bridgehead atoms. The lowest BCUT2D eigenvalue weighted by Gasteiger charge is -2.10. The molecule has 1 heterocycles. The second kappa shape index (κ2) is 2.46. The molecule has 0 saturated heterocycles. The Morgan fingerprint density at radius 2 is 2.20 bits per heavy atom. The Labute approximate surface area is 63.6 Å². The third-order valence-electron chi connectivity index (χ3n) is 1.41. The molecule has 0 aliphatic carbocycles. The largest absolute Gasteiger partial charge is 0.488 e. The second-order valence-corrected chi connectivity index (χ2v) is 3.20. The number of hydrogen-bond acceptors (Lipinski definition) is 1. The Kier molecular flexibility index (Phi) is 1.47. The summed E-state index contributed by atoms with van der Waals surface area (Å²) in [6.07, 6.45) is 0. The van der Waals surface area contributed by atoms with Gasteiger partial charge in [0.05, 0.1) is 0 Å². The predicted octanol–water partition coefficient (Wildman–Crippen LogP) is 1.71. The lowest BCUT2D eigenvalue weighted by atomic mass is 10.3.